The normalized spacial score (nSPS) is 11.4. The van der Waals surface area contributed by atoms with E-state index < -0.39 is 10.0 Å². The Labute approximate surface area is 105 Å². The molecule has 1 heterocycles. The van der Waals surface area contributed by atoms with E-state index in [1.807, 2.05) is 6.07 Å². The summed E-state index contributed by atoms with van der Waals surface area (Å²) in [4.78, 5) is 0. The van der Waals surface area contributed by atoms with E-state index in [-0.39, 0.29) is 11.6 Å². The van der Waals surface area contributed by atoms with Gasteiger partial charge in [-0.15, -0.1) is 0 Å². The lowest BCUT2D eigenvalue weighted by molar-refractivity contribution is 0.589. The zero-order chi connectivity index (χ0) is 13.2. The Kier molecular flexibility index (Phi) is 3.35. The van der Waals surface area contributed by atoms with E-state index in [2.05, 4.69) is 10.2 Å². The summed E-state index contributed by atoms with van der Waals surface area (Å²) < 4.78 is 25.9. The molecule has 0 aliphatic carbocycles. The molecule has 0 aliphatic rings. The van der Waals surface area contributed by atoms with E-state index in [4.69, 9.17) is 5.73 Å². The molecule has 0 spiro atoms. The van der Waals surface area contributed by atoms with Crippen molar-refractivity contribution < 1.29 is 8.42 Å². The van der Waals surface area contributed by atoms with E-state index in [1.165, 1.54) is 17.5 Å². The van der Waals surface area contributed by atoms with Crippen LogP contribution in [-0.4, -0.2) is 25.7 Å². The van der Waals surface area contributed by atoms with Crippen LogP contribution in [0.3, 0.4) is 0 Å². The smallest absolute Gasteiger partial charge is 0.281 e. The van der Waals surface area contributed by atoms with Gasteiger partial charge in [-0.05, 0) is 12.1 Å². The number of hydrogen-bond acceptors (Lipinski definition) is 4. The maximum absolute atomic E-state index is 12.4. The predicted octanol–water partition coefficient (Wildman–Crippen LogP) is 0.694. The minimum Gasteiger partial charge on any atom is -0.326 e. The van der Waals surface area contributed by atoms with Gasteiger partial charge < -0.3 is 5.73 Å². The molecule has 6 nitrogen and oxygen atoms in total. The highest BCUT2D eigenvalue weighted by Gasteiger charge is 2.25. The predicted molar refractivity (Wildman–Crippen MR) is 68.5 cm³/mol. The number of benzene rings is 1. The van der Waals surface area contributed by atoms with Crippen molar-refractivity contribution in [2.45, 2.75) is 11.6 Å². The number of para-hydroxylation sites is 1. The molecule has 7 heteroatoms. The second-order valence-electron chi connectivity index (χ2n) is 3.74. The van der Waals surface area contributed by atoms with Crippen LogP contribution in [0.25, 0.3) is 0 Å². The molecule has 0 amide bonds. The van der Waals surface area contributed by atoms with Crippen LogP contribution >= 0.6 is 0 Å². The molecule has 18 heavy (non-hydrogen) atoms. The first-order chi connectivity index (χ1) is 8.57. The number of aromatic nitrogens is 2. The van der Waals surface area contributed by atoms with Gasteiger partial charge in [-0.3, -0.25) is 9.40 Å². The minimum absolute atomic E-state index is 0.0383. The second kappa shape index (κ2) is 4.79. The first kappa shape index (κ1) is 12.6. The molecule has 0 saturated heterocycles. The molecule has 0 fully saturated rings. The number of H-pyrrole nitrogens is 1. The highest BCUT2D eigenvalue weighted by molar-refractivity contribution is 7.92. The van der Waals surface area contributed by atoms with Crippen LogP contribution in [0.1, 0.15) is 5.56 Å². The third-order valence-electron chi connectivity index (χ3n) is 2.64. The van der Waals surface area contributed by atoms with Crippen LogP contribution in [0.5, 0.6) is 0 Å². The Balaban J connectivity index is 2.44. The number of nitrogens with two attached hydrogens (primary N) is 1. The number of nitrogens with one attached hydrogen (secondary N) is 1. The highest BCUT2D eigenvalue weighted by Crippen LogP contribution is 2.22. The van der Waals surface area contributed by atoms with Crippen LogP contribution in [0.15, 0.2) is 41.6 Å². The molecule has 0 unspecified atom stereocenters. The van der Waals surface area contributed by atoms with E-state index in [9.17, 15) is 8.42 Å². The summed E-state index contributed by atoms with van der Waals surface area (Å²) in [7, 11) is -2.16. The van der Waals surface area contributed by atoms with Gasteiger partial charge in [0.25, 0.3) is 10.0 Å². The maximum atomic E-state index is 12.4. The van der Waals surface area contributed by atoms with Gasteiger partial charge in [0, 0.05) is 19.2 Å². The third kappa shape index (κ3) is 2.09. The maximum Gasteiger partial charge on any atom is 0.281 e. The molecule has 0 bridgehead atoms. The number of aromatic amines is 1. The van der Waals surface area contributed by atoms with Gasteiger partial charge in [0.1, 0.15) is 0 Å². The number of rotatable bonds is 4. The van der Waals surface area contributed by atoms with Gasteiger partial charge in [0.15, 0.2) is 5.03 Å². The summed E-state index contributed by atoms with van der Waals surface area (Å²) in [5.41, 5.74) is 6.54. The van der Waals surface area contributed by atoms with E-state index in [0.717, 1.165) is 0 Å². The van der Waals surface area contributed by atoms with Gasteiger partial charge >= 0.3 is 0 Å². The summed E-state index contributed by atoms with van der Waals surface area (Å²) in [6.07, 6.45) is 1.42. The molecule has 3 N–H and O–H groups in total. The fourth-order valence-corrected chi connectivity index (χ4v) is 2.89. The Hall–Kier alpha value is -1.86. The van der Waals surface area contributed by atoms with E-state index in [0.29, 0.717) is 11.3 Å². The molecular formula is C11H14N4O2S. The van der Waals surface area contributed by atoms with E-state index in [1.54, 1.807) is 24.3 Å². The lowest BCUT2D eigenvalue weighted by atomic mass is 10.3. The van der Waals surface area contributed by atoms with Crippen molar-refractivity contribution in [3.05, 3.63) is 42.1 Å². The van der Waals surface area contributed by atoms with Crippen molar-refractivity contribution in [1.82, 2.24) is 10.2 Å². The van der Waals surface area contributed by atoms with Gasteiger partial charge in [-0.25, -0.2) is 0 Å². The largest absolute Gasteiger partial charge is 0.326 e. The fourth-order valence-electron chi connectivity index (χ4n) is 1.58. The van der Waals surface area contributed by atoms with Crippen molar-refractivity contribution in [3.63, 3.8) is 0 Å². The Morgan fingerprint density at radius 3 is 2.61 bits per heavy atom. The van der Waals surface area contributed by atoms with Gasteiger partial charge in [-0.1, -0.05) is 18.2 Å². The second-order valence-corrected chi connectivity index (χ2v) is 5.64. The standard InChI is InChI=1S/C11H14N4O2S/c1-15(10-5-3-2-4-6-10)18(16,17)11-9(7-12)8-13-14-11/h2-6,8H,7,12H2,1H3,(H,13,14). The minimum atomic E-state index is -3.66. The first-order valence-electron chi connectivity index (χ1n) is 5.33. The van der Waals surface area contributed by atoms with Crippen molar-refractivity contribution >= 4 is 15.7 Å². The van der Waals surface area contributed by atoms with Gasteiger partial charge in [-0.2, -0.15) is 13.5 Å². The first-order valence-corrected chi connectivity index (χ1v) is 6.77. The summed E-state index contributed by atoms with van der Waals surface area (Å²) in [5, 5.41) is 6.25. The third-order valence-corrected chi connectivity index (χ3v) is 4.44. The quantitative estimate of drug-likeness (QED) is 0.851. The average Bonchev–Trinajstić information content (AvgIpc) is 2.88. The molecule has 1 aromatic heterocycles. The Bertz CT molecular complexity index is 622. The van der Waals surface area contributed by atoms with Crippen molar-refractivity contribution in [1.29, 1.82) is 0 Å². The monoisotopic (exact) mass is 266 g/mol. The summed E-state index contributed by atoms with van der Waals surface area (Å²) in [5.74, 6) is 0. The Morgan fingerprint density at radius 2 is 2.00 bits per heavy atom. The lowest BCUT2D eigenvalue weighted by Crippen LogP contribution is -2.28. The van der Waals surface area contributed by atoms with Gasteiger partial charge in [0.05, 0.1) is 11.9 Å². The van der Waals surface area contributed by atoms with Gasteiger partial charge in [0.2, 0.25) is 0 Å². The molecule has 0 saturated carbocycles. The van der Waals surface area contributed by atoms with Crippen LogP contribution in [0.2, 0.25) is 0 Å². The summed E-state index contributed by atoms with van der Waals surface area (Å²) in [6.45, 7) is 0.119. The molecule has 1 aromatic carbocycles. The molecule has 96 valence electrons. The van der Waals surface area contributed by atoms with Crippen LogP contribution in [-0.2, 0) is 16.6 Å². The SMILES string of the molecule is CN(c1ccccc1)S(=O)(=O)c1[nH]ncc1CN. The molecule has 0 radical (unpaired) electrons. The lowest BCUT2D eigenvalue weighted by Gasteiger charge is -2.18. The van der Waals surface area contributed by atoms with Crippen molar-refractivity contribution in [2.75, 3.05) is 11.4 Å². The average molecular weight is 266 g/mol. The zero-order valence-electron chi connectivity index (χ0n) is 9.87. The molecule has 0 atom stereocenters. The van der Waals surface area contributed by atoms with Crippen molar-refractivity contribution in [2.24, 2.45) is 5.73 Å². The number of hydrogen-bond donors (Lipinski definition) is 2. The fraction of sp³-hybridized carbons (Fsp3) is 0.182. The number of sulfonamides is 1. The number of nitrogens with zero attached hydrogens (tertiary/aromatic N) is 2. The molecule has 2 rings (SSSR count). The molecular weight excluding hydrogens is 252 g/mol. The number of anilines is 1. The molecule has 0 aliphatic heterocycles. The summed E-state index contributed by atoms with van der Waals surface area (Å²) in [6, 6.07) is 8.81. The van der Waals surface area contributed by atoms with E-state index >= 15 is 0 Å². The van der Waals surface area contributed by atoms with Crippen LogP contribution < -0.4 is 10.0 Å². The highest BCUT2D eigenvalue weighted by atomic mass is 32.2. The van der Waals surface area contributed by atoms with Crippen molar-refractivity contribution in [3.8, 4) is 0 Å². The summed E-state index contributed by atoms with van der Waals surface area (Å²) >= 11 is 0. The van der Waals surface area contributed by atoms with Crippen LogP contribution in [0.4, 0.5) is 5.69 Å². The topological polar surface area (TPSA) is 92.1 Å². The molecule has 2 aromatic rings. The zero-order valence-corrected chi connectivity index (χ0v) is 10.7. The van der Waals surface area contributed by atoms with Crippen LogP contribution in [0, 0.1) is 0 Å². The Morgan fingerprint density at radius 1 is 1.33 bits per heavy atom.